The fourth-order valence-corrected chi connectivity index (χ4v) is 4.24. The summed E-state index contributed by atoms with van der Waals surface area (Å²) in [4.78, 5) is 43.8. The molecular formula is C26H26FN3O3. The molecule has 0 unspecified atom stereocenters. The zero-order valence-electron chi connectivity index (χ0n) is 18.5. The molecule has 1 aromatic heterocycles. The highest BCUT2D eigenvalue weighted by molar-refractivity contribution is 5.93. The molecule has 7 heteroatoms. The van der Waals surface area contributed by atoms with Gasteiger partial charge in [0.25, 0.3) is 5.91 Å². The van der Waals surface area contributed by atoms with Crippen LogP contribution in [0.1, 0.15) is 23.0 Å². The fraction of sp³-hybridized carbons (Fsp3) is 0.269. The molecule has 0 aliphatic carbocycles. The van der Waals surface area contributed by atoms with Gasteiger partial charge in [-0.3, -0.25) is 14.4 Å². The highest BCUT2D eigenvalue weighted by Crippen LogP contribution is 2.24. The molecule has 33 heavy (non-hydrogen) atoms. The third-order valence-electron chi connectivity index (χ3n) is 6.03. The Balaban J connectivity index is 1.55. The third-order valence-corrected chi connectivity index (χ3v) is 6.03. The summed E-state index contributed by atoms with van der Waals surface area (Å²) in [5, 5.41) is 0. The molecule has 170 valence electrons. The number of carbonyl (C=O) groups excluding carboxylic acids is 2. The van der Waals surface area contributed by atoms with Crippen LogP contribution in [0.5, 0.6) is 0 Å². The molecule has 3 aromatic rings. The van der Waals surface area contributed by atoms with Crippen molar-refractivity contribution in [2.75, 3.05) is 26.2 Å². The van der Waals surface area contributed by atoms with E-state index >= 15 is 0 Å². The Morgan fingerprint density at radius 2 is 1.76 bits per heavy atom. The number of H-pyrrole nitrogens is 1. The molecule has 2 aromatic carbocycles. The Kier molecular flexibility index (Phi) is 6.68. The van der Waals surface area contributed by atoms with Gasteiger partial charge in [0.1, 0.15) is 11.5 Å². The van der Waals surface area contributed by atoms with E-state index in [1.54, 1.807) is 40.1 Å². The number of halogens is 1. The van der Waals surface area contributed by atoms with Crippen molar-refractivity contribution in [2.45, 2.75) is 13.3 Å². The van der Waals surface area contributed by atoms with Gasteiger partial charge < -0.3 is 14.8 Å². The van der Waals surface area contributed by atoms with Crippen LogP contribution >= 0.6 is 0 Å². The third kappa shape index (κ3) is 5.03. The Hall–Kier alpha value is -3.74. The van der Waals surface area contributed by atoms with E-state index in [-0.39, 0.29) is 35.4 Å². The highest BCUT2D eigenvalue weighted by atomic mass is 19.1. The minimum atomic E-state index is -0.411. The van der Waals surface area contributed by atoms with E-state index in [0.717, 1.165) is 11.1 Å². The molecule has 2 amide bonds. The molecule has 1 aliphatic rings. The number of aromatic amines is 1. The molecule has 6 nitrogen and oxygen atoms in total. The number of rotatable bonds is 5. The highest BCUT2D eigenvalue weighted by Gasteiger charge is 2.32. The maximum atomic E-state index is 14.1. The van der Waals surface area contributed by atoms with Gasteiger partial charge in [0.05, 0.1) is 5.92 Å². The minimum absolute atomic E-state index is 0.00698. The molecule has 0 saturated carbocycles. The van der Waals surface area contributed by atoms with Crippen LogP contribution in [-0.4, -0.2) is 52.8 Å². The zero-order valence-corrected chi connectivity index (χ0v) is 18.5. The fourth-order valence-electron chi connectivity index (χ4n) is 4.24. The second-order valence-electron chi connectivity index (χ2n) is 8.18. The van der Waals surface area contributed by atoms with E-state index in [2.05, 4.69) is 4.98 Å². The van der Waals surface area contributed by atoms with Gasteiger partial charge in [-0.25, -0.2) is 4.39 Å². The quantitative estimate of drug-likeness (QED) is 0.652. The van der Waals surface area contributed by atoms with Crippen molar-refractivity contribution in [1.29, 1.82) is 0 Å². The lowest BCUT2D eigenvalue weighted by molar-refractivity contribution is -0.134. The van der Waals surface area contributed by atoms with Gasteiger partial charge >= 0.3 is 0 Å². The summed E-state index contributed by atoms with van der Waals surface area (Å²) in [6, 6.07) is 18.6. The Morgan fingerprint density at radius 3 is 2.45 bits per heavy atom. The zero-order chi connectivity index (χ0) is 23.4. The van der Waals surface area contributed by atoms with Crippen LogP contribution < -0.4 is 5.56 Å². The molecule has 1 saturated heterocycles. The molecule has 1 fully saturated rings. The van der Waals surface area contributed by atoms with Gasteiger partial charge in [0, 0.05) is 37.8 Å². The average molecular weight is 448 g/mol. The van der Waals surface area contributed by atoms with Crippen LogP contribution in [0.2, 0.25) is 0 Å². The van der Waals surface area contributed by atoms with Gasteiger partial charge in [0.15, 0.2) is 0 Å². The molecule has 4 rings (SSSR count). The Bertz CT molecular complexity index is 1210. The maximum absolute atomic E-state index is 14.1. The maximum Gasteiger partial charge on any atom is 0.270 e. The minimum Gasteiger partial charge on any atom is -0.341 e. The van der Waals surface area contributed by atoms with Crippen LogP contribution in [0.4, 0.5) is 4.39 Å². The lowest BCUT2D eigenvalue weighted by atomic mass is 9.95. The summed E-state index contributed by atoms with van der Waals surface area (Å²) in [5.41, 5.74) is 2.11. The first kappa shape index (κ1) is 22.5. The molecule has 1 N–H and O–H groups in total. The topological polar surface area (TPSA) is 73.5 Å². The first-order chi connectivity index (χ1) is 16.0. The van der Waals surface area contributed by atoms with Crippen molar-refractivity contribution < 1.29 is 14.0 Å². The van der Waals surface area contributed by atoms with E-state index in [1.165, 1.54) is 12.1 Å². The number of hydrogen-bond acceptors (Lipinski definition) is 3. The molecule has 0 spiro atoms. The largest absolute Gasteiger partial charge is 0.341 e. The summed E-state index contributed by atoms with van der Waals surface area (Å²) in [6.07, 6.45) is 0.460. The normalized spacial score (nSPS) is 16.5. The van der Waals surface area contributed by atoms with Gasteiger partial charge in [-0.05, 0) is 36.6 Å². The van der Waals surface area contributed by atoms with Crippen LogP contribution in [0.15, 0.2) is 71.5 Å². The smallest absolute Gasteiger partial charge is 0.270 e. The molecule has 0 radical (unpaired) electrons. The Morgan fingerprint density at radius 1 is 1.00 bits per heavy atom. The van der Waals surface area contributed by atoms with Crippen molar-refractivity contribution >= 4 is 11.8 Å². The number of hydrogen-bond donors (Lipinski definition) is 1. The van der Waals surface area contributed by atoms with Gasteiger partial charge in [-0.1, -0.05) is 48.5 Å². The van der Waals surface area contributed by atoms with Crippen molar-refractivity contribution in [1.82, 2.24) is 14.8 Å². The SMILES string of the molecule is CCN1CCN(C(=O)c2cccc(=O)[nH]2)C[C@H](Cc2ccc(-c3ccccc3F)cc2)C1=O. The van der Waals surface area contributed by atoms with Gasteiger partial charge in [-0.2, -0.15) is 0 Å². The van der Waals surface area contributed by atoms with Crippen molar-refractivity contribution in [3.05, 3.63) is 94.2 Å². The van der Waals surface area contributed by atoms with Crippen molar-refractivity contribution in [3.8, 4) is 11.1 Å². The number of likely N-dealkylation sites (N-methyl/N-ethyl adjacent to an activating group) is 1. The predicted molar refractivity (Wildman–Crippen MR) is 124 cm³/mol. The molecule has 1 aliphatic heterocycles. The second-order valence-corrected chi connectivity index (χ2v) is 8.18. The van der Waals surface area contributed by atoms with Gasteiger partial charge in [-0.15, -0.1) is 0 Å². The monoisotopic (exact) mass is 447 g/mol. The van der Waals surface area contributed by atoms with Gasteiger partial charge in [0.2, 0.25) is 11.5 Å². The van der Waals surface area contributed by atoms with E-state index in [4.69, 9.17) is 0 Å². The molecular weight excluding hydrogens is 421 g/mol. The van der Waals surface area contributed by atoms with E-state index in [1.807, 2.05) is 31.2 Å². The summed E-state index contributed by atoms with van der Waals surface area (Å²) in [5.74, 6) is -0.979. The van der Waals surface area contributed by atoms with Crippen LogP contribution in [0.25, 0.3) is 11.1 Å². The summed E-state index contributed by atoms with van der Waals surface area (Å²) in [6.45, 7) is 3.59. The predicted octanol–water partition coefficient (Wildman–Crippen LogP) is 3.34. The standard InChI is InChI=1S/C26H26FN3O3/c1-2-29-14-15-30(26(33)23-8-5-9-24(31)28-23)17-20(25(29)32)16-18-10-12-19(13-11-18)21-6-3-4-7-22(21)27/h3-13,20H,2,14-17H2,1H3,(H,28,31)/t20-/m0/s1. The lowest BCUT2D eigenvalue weighted by Crippen LogP contribution is -2.38. The van der Waals surface area contributed by atoms with Crippen molar-refractivity contribution in [2.24, 2.45) is 5.92 Å². The van der Waals surface area contributed by atoms with Crippen LogP contribution in [0, 0.1) is 11.7 Å². The molecule has 2 heterocycles. The summed E-state index contributed by atoms with van der Waals surface area (Å²) in [7, 11) is 0. The lowest BCUT2D eigenvalue weighted by Gasteiger charge is -2.23. The first-order valence-corrected chi connectivity index (χ1v) is 11.1. The second kappa shape index (κ2) is 9.81. The van der Waals surface area contributed by atoms with E-state index in [0.29, 0.717) is 31.6 Å². The van der Waals surface area contributed by atoms with Crippen LogP contribution in [0.3, 0.4) is 0 Å². The van der Waals surface area contributed by atoms with Crippen LogP contribution in [-0.2, 0) is 11.2 Å². The average Bonchev–Trinajstić information content (AvgIpc) is 2.98. The number of aromatic nitrogens is 1. The first-order valence-electron chi connectivity index (χ1n) is 11.1. The molecule has 0 bridgehead atoms. The number of nitrogens with one attached hydrogen (secondary N) is 1. The number of nitrogens with zero attached hydrogens (tertiary/aromatic N) is 2. The Labute approximate surface area is 191 Å². The van der Waals surface area contributed by atoms with Crippen molar-refractivity contribution in [3.63, 3.8) is 0 Å². The molecule has 1 atom stereocenters. The summed E-state index contributed by atoms with van der Waals surface area (Å²) >= 11 is 0. The van der Waals surface area contributed by atoms with E-state index in [9.17, 15) is 18.8 Å². The number of pyridine rings is 1. The number of amides is 2. The number of carbonyl (C=O) groups is 2. The summed E-state index contributed by atoms with van der Waals surface area (Å²) < 4.78 is 14.1. The van der Waals surface area contributed by atoms with E-state index < -0.39 is 5.92 Å². The number of benzene rings is 2.